The maximum atomic E-state index is 15.0. The maximum Gasteiger partial charge on any atom is 0.255 e. The van der Waals surface area contributed by atoms with Gasteiger partial charge in [0, 0.05) is 53.5 Å². The molecule has 4 aromatic rings. The summed E-state index contributed by atoms with van der Waals surface area (Å²) in [6.45, 7) is 0. The number of rotatable bonds is 13. The summed E-state index contributed by atoms with van der Waals surface area (Å²) in [5.74, 6) is -3.72. The summed E-state index contributed by atoms with van der Waals surface area (Å²) in [6.07, 6.45) is -2.38. The average Bonchev–Trinajstić information content (AvgIpc) is 3.06. The first-order valence-corrected chi connectivity index (χ1v) is 20.2. The largest absolute Gasteiger partial charge is 0.487 e. The Hall–Kier alpha value is -3.65. The predicted molar refractivity (Wildman–Crippen MR) is 194 cm³/mol. The standard InChI is InChI=1S/C34H30Cl3F3N4O8S2/c35-24-4-1-16(33(46)41-18-3-6-27(38)25(36)13-18)7-30(24)53(48,49)44-21-11-23(12-21)52-29-15-19(14-26(37)32(29)40)42-34(47)17-2-5-28(39)31(8-17)54(50,51)43-20-9-22(45)10-20/h1-8,13-15,20-23,34,42-45,47H,9-12H2,(H,41,46). The van der Waals surface area contributed by atoms with Crippen molar-refractivity contribution in [1.82, 2.24) is 9.44 Å². The molecule has 0 saturated heterocycles. The van der Waals surface area contributed by atoms with Crippen molar-refractivity contribution in [2.45, 2.75) is 66.0 Å². The zero-order valence-corrected chi connectivity index (χ0v) is 31.4. The van der Waals surface area contributed by atoms with Crippen LogP contribution in [0.15, 0.2) is 76.5 Å². The predicted octanol–water partition coefficient (Wildman–Crippen LogP) is 6.11. The number of amides is 1. The molecule has 1 atom stereocenters. The molecule has 288 valence electrons. The van der Waals surface area contributed by atoms with E-state index in [4.69, 9.17) is 39.5 Å². The van der Waals surface area contributed by atoms with Crippen LogP contribution in [0.1, 0.15) is 47.8 Å². The molecule has 0 spiro atoms. The van der Waals surface area contributed by atoms with Crippen LogP contribution in [-0.2, 0) is 20.0 Å². The summed E-state index contributed by atoms with van der Waals surface area (Å²) in [7, 11) is -8.60. The summed E-state index contributed by atoms with van der Waals surface area (Å²) in [4.78, 5) is 11.7. The van der Waals surface area contributed by atoms with E-state index >= 15 is 4.39 Å². The van der Waals surface area contributed by atoms with Crippen LogP contribution in [0.4, 0.5) is 24.5 Å². The highest BCUT2D eigenvalue weighted by molar-refractivity contribution is 7.89. The molecule has 0 radical (unpaired) electrons. The molecule has 20 heteroatoms. The summed E-state index contributed by atoms with van der Waals surface area (Å²) in [5, 5.41) is 24.6. The molecular weight excluding hydrogens is 820 g/mol. The van der Waals surface area contributed by atoms with Crippen LogP contribution in [0.3, 0.4) is 0 Å². The van der Waals surface area contributed by atoms with Crippen molar-refractivity contribution < 1.29 is 49.8 Å². The Morgan fingerprint density at radius 1 is 0.741 bits per heavy atom. The number of aliphatic hydroxyl groups is 2. The fourth-order valence-corrected chi connectivity index (χ4v) is 9.24. The van der Waals surface area contributed by atoms with Crippen molar-refractivity contribution in [3.63, 3.8) is 0 Å². The molecule has 54 heavy (non-hydrogen) atoms. The minimum atomic E-state index is -4.33. The van der Waals surface area contributed by atoms with Gasteiger partial charge in [0.2, 0.25) is 20.0 Å². The molecule has 1 unspecified atom stereocenters. The zero-order valence-electron chi connectivity index (χ0n) is 27.5. The van der Waals surface area contributed by atoms with Crippen LogP contribution >= 0.6 is 34.8 Å². The number of aliphatic hydroxyl groups excluding tert-OH is 2. The number of benzene rings is 4. The van der Waals surface area contributed by atoms with E-state index in [0.29, 0.717) is 0 Å². The van der Waals surface area contributed by atoms with Gasteiger partial charge < -0.3 is 25.6 Å². The van der Waals surface area contributed by atoms with E-state index in [9.17, 15) is 40.6 Å². The van der Waals surface area contributed by atoms with E-state index in [1.54, 1.807) is 0 Å². The lowest BCUT2D eigenvalue weighted by Crippen LogP contribution is -2.49. The summed E-state index contributed by atoms with van der Waals surface area (Å²) in [5.41, 5.74) is 0.117. The van der Waals surface area contributed by atoms with Gasteiger partial charge in [0.1, 0.15) is 27.5 Å². The molecule has 12 nitrogen and oxygen atoms in total. The first-order chi connectivity index (χ1) is 25.4. The van der Waals surface area contributed by atoms with Crippen LogP contribution in [0, 0.1) is 17.5 Å². The fourth-order valence-electron chi connectivity index (χ4n) is 5.69. The van der Waals surface area contributed by atoms with Crippen molar-refractivity contribution in [3.8, 4) is 5.75 Å². The first-order valence-electron chi connectivity index (χ1n) is 16.1. The van der Waals surface area contributed by atoms with Gasteiger partial charge in [0.05, 0.1) is 21.2 Å². The molecule has 6 N–H and O–H groups in total. The molecule has 2 fully saturated rings. The van der Waals surface area contributed by atoms with Gasteiger partial charge in [-0.25, -0.2) is 39.5 Å². The number of carbonyl (C=O) groups excluding carboxylic acids is 1. The molecule has 0 aromatic heterocycles. The van der Waals surface area contributed by atoms with Gasteiger partial charge in [0.15, 0.2) is 17.8 Å². The molecular formula is C34H30Cl3F3N4O8S2. The lowest BCUT2D eigenvalue weighted by molar-refractivity contribution is 0.0711. The smallest absolute Gasteiger partial charge is 0.255 e. The maximum absolute atomic E-state index is 15.0. The second kappa shape index (κ2) is 15.8. The van der Waals surface area contributed by atoms with Gasteiger partial charge in [-0.15, -0.1) is 0 Å². The van der Waals surface area contributed by atoms with Crippen molar-refractivity contribution >= 4 is 72.1 Å². The monoisotopic (exact) mass is 848 g/mol. The van der Waals surface area contributed by atoms with E-state index in [1.807, 2.05) is 0 Å². The summed E-state index contributed by atoms with van der Waals surface area (Å²) in [6, 6.07) is 11.2. The number of hydrogen-bond acceptors (Lipinski definition) is 9. The Kier molecular flexibility index (Phi) is 11.7. The van der Waals surface area contributed by atoms with E-state index in [-0.39, 0.29) is 68.9 Å². The lowest BCUT2D eigenvalue weighted by atomic mass is 9.90. The minimum absolute atomic E-state index is 0.0495. The highest BCUT2D eigenvalue weighted by atomic mass is 35.5. The SMILES string of the molecule is O=C(Nc1ccc(F)c(Cl)c1)c1ccc(Cl)c(S(=O)(=O)NC2CC(Oc3cc(NC(O)c4ccc(F)c(S(=O)(=O)NC5CC(O)C5)c4)cc(Cl)c3F)C2)c1. The molecule has 4 aromatic carbocycles. The van der Waals surface area contributed by atoms with E-state index in [0.717, 1.165) is 36.4 Å². The number of carbonyl (C=O) groups is 1. The van der Waals surface area contributed by atoms with Crippen LogP contribution in [0.25, 0.3) is 0 Å². The third-order valence-corrected chi connectivity index (χ3v) is 12.8. The van der Waals surface area contributed by atoms with Crippen LogP contribution < -0.4 is 24.8 Å². The number of nitrogens with one attached hydrogen (secondary N) is 4. The zero-order chi connectivity index (χ0) is 39.1. The lowest BCUT2D eigenvalue weighted by Gasteiger charge is -2.35. The Morgan fingerprint density at radius 3 is 2.04 bits per heavy atom. The molecule has 1 amide bonds. The van der Waals surface area contributed by atoms with Gasteiger partial charge in [-0.2, -0.15) is 0 Å². The van der Waals surface area contributed by atoms with Gasteiger partial charge in [-0.3, -0.25) is 4.79 Å². The quantitative estimate of drug-likeness (QED) is 0.0865. The van der Waals surface area contributed by atoms with Crippen molar-refractivity contribution in [2.75, 3.05) is 10.6 Å². The van der Waals surface area contributed by atoms with Gasteiger partial charge in [-0.1, -0.05) is 40.9 Å². The Labute approximate surface area is 322 Å². The Bertz CT molecular complexity index is 2330. The van der Waals surface area contributed by atoms with Crippen LogP contribution in [0.2, 0.25) is 15.1 Å². The average molecular weight is 850 g/mol. The molecule has 2 aliphatic rings. The number of anilines is 2. The Balaban J connectivity index is 1.07. The van der Waals surface area contributed by atoms with Crippen molar-refractivity contribution in [3.05, 3.63) is 110 Å². The topological polar surface area (TPSA) is 183 Å². The molecule has 0 aliphatic heterocycles. The molecule has 2 aliphatic carbocycles. The van der Waals surface area contributed by atoms with Gasteiger partial charge in [-0.05, 0) is 67.4 Å². The normalized spacial score (nSPS) is 20.4. The number of halogens is 6. The van der Waals surface area contributed by atoms with Gasteiger partial charge in [0.25, 0.3) is 5.91 Å². The van der Waals surface area contributed by atoms with Crippen molar-refractivity contribution in [1.29, 1.82) is 0 Å². The van der Waals surface area contributed by atoms with Gasteiger partial charge >= 0.3 is 0 Å². The number of hydrogen-bond donors (Lipinski definition) is 6. The number of sulfonamides is 2. The minimum Gasteiger partial charge on any atom is -0.487 e. The van der Waals surface area contributed by atoms with E-state index in [2.05, 4.69) is 20.1 Å². The second-order valence-electron chi connectivity index (χ2n) is 12.7. The third kappa shape index (κ3) is 9.07. The fraction of sp³-hybridized carbons (Fsp3) is 0.265. The number of ether oxygens (including phenoxy) is 1. The first kappa shape index (κ1) is 40.0. The molecule has 0 heterocycles. The second-order valence-corrected chi connectivity index (χ2v) is 17.3. The summed E-state index contributed by atoms with van der Waals surface area (Å²) >= 11 is 18.0. The summed E-state index contributed by atoms with van der Waals surface area (Å²) < 4.78 is 106. The third-order valence-electron chi connectivity index (χ3n) is 8.66. The van der Waals surface area contributed by atoms with E-state index < -0.39 is 83.8 Å². The van der Waals surface area contributed by atoms with Crippen LogP contribution in [-0.4, -0.2) is 57.2 Å². The highest BCUT2D eigenvalue weighted by Gasteiger charge is 2.36. The highest BCUT2D eigenvalue weighted by Crippen LogP contribution is 2.36. The molecule has 6 rings (SSSR count). The Morgan fingerprint density at radius 2 is 1.37 bits per heavy atom. The molecule has 2 saturated carbocycles. The van der Waals surface area contributed by atoms with E-state index in [1.165, 1.54) is 30.3 Å². The van der Waals surface area contributed by atoms with Crippen molar-refractivity contribution in [2.24, 2.45) is 0 Å². The van der Waals surface area contributed by atoms with Crippen LogP contribution in [0.5, 0.6) is 5.75 Å². The molecule has 0 bridgehead atoms.